The molecule has 9 nitrogen and oxygen atoms in total. The third kappa shape index (κ3) is 9.37. The van der Waals surface area contributed by atoms with Crippen LogP contribution in [0.3, 0.4) is 0 Å². The number of nitrogens with one attached hydrogen (secondary N) is 2. The van der Waals surface area contributed by atoms with Crippen molar-refractivity contribution in [3.8, 4) is 16.6 Å². The number of rotatable bonds is 13. The number of aliphatic hydroxyl groups excluding tert-OH is 2. The van der Waals surface area contributed by atoms with E-state index >= 15 is 0 Å². The van der Waals surface area contributed by atoms with Gasteiger partial charge in [-0.2, -0.15) is 18.4 Å². The smallest absolute Gasteiger partial charge is 0.389 e. The lowest BCUT2D eigenvalue weighted by Crippen LogP contribution is -2.51. The van der Waals surface area contributed by atoms with Gasteiger partial charge in [0.15, 0.2) is 0 Å². The lowest BCUT2D eigenvalue weighted by Gasteiger charge is -2.26. The molecule has 0 aliphatic carbocycles. The SMILES string of the molecule is CC(O)CC[C@H](NC(=O)c1cnc(-c2ccc(C#N)cc2)s1)C(=O)N[C@@H](CCCC(F)(F)F)C(O)c1nccs1. The van der Waals surface area contributed by atoms with Crippen molar-refractivity contribution in [2.75, 3.05) is 0 Å². The molecule has 0 aliphatic rings. The van der Waals surface area contributed by atoms with E-state index in [2.05, 4.69) is 20.6 Å². The molecule has 14 heteroatoms. The number of amides is 2. The Bertz CT molecular complexity index is 1290. The molecule has 0 radical (unpaired) electrons. The van der Waals surface area contributed by atoms with Crippen molar-refractivity contribution >= 4 is 34.5 Å². The minimum absolute atomic E-state index is 0.0408. The summed E-state index contributed by atoms with van der Waals surface area (Å²) in [5.74, 6) is -1.31. The number of alkyl halides is 3. The highest BCUT2D eigenvalue weighted by atomic mass is 32.1. The van der Waals surface area contributed by atoms with Crippen LogP contribution in [0.4, 0.5) is 13.2 Å². The number of hydrogen-bond donors (Lipinski definition) is 4. The summed E-state index contributed by atoms with van der Waals surface area (Å²) in [7, 11) is 0. The summed E-state index contributed by atoms with van der Waals surface area (Å²) in [5.41, 5.74) is 1.17. The predicted molar refractivity (Wildman–Crippen MR) is 143 cm³/mol. The second kappa shape index (κ2) is 14.3. The first-order chi connectivity index (χ1) is 19.0. The minimum Gasteiger partial charge on any atom is -0.393 e. The Hall–Kier alpha value is -3.38. The van der Waals surface area contributed by atoms with Crippen LogP contribution < -0.4 is 10.6 Å². The summed E-state index contributed by atoms with van der Waals surface area (Å²) in [5, 5.41) is 37.0. The monoisotopic (exact) mass is 595 g/mol. The highest BCUT2D eigenvalue weighted by molar-refractivity contribution is 7.16. The van der Waals surface area contributed by atoms with Gasteiger partial charge >= 0.3 is 6.18 Å². The summed E-state index contributed by atoms with van der Waals surface area (Å²) in [6.07, 6.45) is -5.12. The number of nitriles is 1. The van der Waals surface area contributed by atoms with Gasteiger partial charge in [-0.05, 0) is 44.7 Å². The van der Waals surface area contributed by atoms with Crippen LogP contribution in [0.25, 0.3) is 10.6 Å². The van der Waals surface area contributed by atoms with Crippen molar-refractivity contribution in [1.82, 2.24) is 20.6 Å². The molecule has 0 saturated carbocycles. The lowest BCUT2D eigenvalue weighted by molar-refractivity contribution is -0.136. The van der Waals surface area contributed by atoms with Gasteiger partial charge in [-0.1, -0.05) is 12.1 Å². The van der Waals surface area contributed by atoms with Gasteiger partial charge in [0.05, 0.1) is 30.0 Å². The van der Waals surface area contributed by atoms with E-state index in [9.17, 15) is 33.0 Å². The van der Waals surface area contributed by atoms with Crippen molar-refractivity contribution in [3.05, 3.63) is 57.5 Å². The van der Waals surface area contributed by atoms with E-state index in [-0.39, 0.29) is 35.6 Å². The van der Waals surface area contributed by atoms with Crippen molar-refractivity contribution in [2.24, 2.45) is 0 Å². The van der Waals surface area contributed by atoms with Crippen LogP contribution >= 0.6 is 22.7 Å². The third-order valence-electron chi connectivity index (χ3n) is 5.87. The standard InChI is InChI=1S/C26H28F3N5O4S2/c1-15(35)4-9-19(34-23(38)20-14-32-24(40-20)17-7-5-16(13-30)6-8-17)22(37)33-18(3-2-10-26(27,28)29)21(36)25-31-11-12-39-25/h5-8,11-12,14-15,18-19,21,35-36H,2-4,9-10H2,1H3,(H,33,37)(H,34,38)/t15?,18-,19-,21?/m0/s1. The van der Waals surface area contributed by atoms with Gasteiger partial charge in [-0.15, -0.1) is 22.7 Å². The van der Waals surface area contributed by atoms with Gasteiger partial charge in [0.1, 0.15) is 27.0 Å². The van der Waals surface area contributed by atoms with Crippen molar-refractivity contribution < 1.29 is 33.0 Å². The molecule has 40 heavy (non-hydrogen) atoms. The molecule has 0 saturated heterocycles. The lowest BCUT2D eigenvalue weighted by atomic mass is 10.0. The summed E-state index contributed by atoms with van der Waals surface area (Å²) < 4.78 is 38.2. The van der Waals surface area contributed by atoms with Crippen molar-refractivity contribution in [2.45, 2.75) is 69.5 Å². The van der Waals surface area contributed by atoms with Crippen LogP contribution in [0.1, 0.15) is 65.4 Å². The molecular formula is C26H28F3N5O4S2. The zero-order chi connectivity index (χ0) is 29.3. The van der Waals surface area contributed by atoms with Gasteiger partial charge in [-0.3, -0.25) is 9.59 Å². The zero-order valence-corrected chi connectivity index (χ0v) is 23.0. The van der Waals surface area contributed by atoms with E-state index in [4.69, 9.17) is 5.26 Å². The molecule has 3 aromatic rings. The Labute approximate surface area is 236 Å². The Morgan fingerprint density at radius 2 is 1.82 bits per heavy atom. The summed E-state index contributed by atoms with van der Waals surface area (Å²) in [4.78, 5) is 34.7. The topological polar surface area (TPSA) is 148 Å². The van der Waals surface area contributed by atoms with Gasteiger partial charge < -0.3 is 20.8 Å². The maximum atomic E-state index is 13.3. The molecule has 2 heterocycles. The molecular weight excluding hydrogens is 567 g/mol. The van der Waals surface area contributed by atoms with E-state index in [0.717, 1.165) is 22.7 Å². The number of aliphatic hydroxyl groups is 2. The highest BCUT2D eigenvalue weighted by Gasteiger charge is 2.32. The van der Waals surface area contributed by atoms with E-state index in [1.54, 1.807) is 29.6 Å². The third-order valence-corrected chi connectivity index (χ3v) is 7.77. The molecule has 0 aliphatic heterocycles. The number of hydrogen-bond acceptors (Lipinski definition) is 9. The number of nitrogens with zero attached hydrogens (tertiary/aromatic N) is 3. The van der Waals surface area contributed by atoms with Crippen LogP contribution in [-0.2, 0) is 4.79 Å². The van der Waals surface area contributed by atoms with E-state index in [1.807, 2.05) is 6.07 Å². The second-order valence-corrected chi connectivity index (χ2v) is 11.1. The van der Waals surface area contributed by atoms with Crippen LogP contribution in [0.15, 0.2) is 42.0 Å². The Kier molecular flexibility index (Phi) is 11.1. The molecule has 3 rings (SSSR count). The van der Waals surface area contributed by atoms with Crippen LogP contribution in [0, 0.1) is 11.3 Å². The molecule has 4 atom stereocenters. The van der Waals surface area contributed by atoms with Gasteiger partial charge in [-0.25, -0.2) is 9.97 Å². The Morgan fingerprint density at radius 3 is 2.42 bits per heavy atom. The van der Waals surface area contributed by atoms with Gasteiger partial charge in [0.25, 0.3) is 5.91 Å². The number of halogens is 3. The fourth-order valence-corrected chi connectivity index (χ4v) is 5.28. The largest absolute Gasteiger partial charge is 0.393 e. The first-order valence-electron chi connectivity index (χ1n) is 12.4. The van der Waals surface area contributed by atoms with Crippen LogP contribution in [0.2, 0.25) is 0 Å². The molecule has 4 N–H and O–H groups in total. The first-order valence-corrected chi connectivity index (χ1v) is 14.1. The number of thiazole rings is 2. The van der Waals surface area contributed by atoms with Crippen LogP contribution in [-0.4, -0.2) is 56.4 Å². The second-order valence-electron chi connectivity index (χ2n) is 9.11. The average molecular weight is 596 g/mol. The quantitative estimate of drug-likeness (QED) is 0.230. The first kappa shape index (κ1) is 31.2. The number of carbonyl (C=O) groups is 2. The molecule has 1 aromatic carbocycles. The maximum absolute atomic E-state index is 13.3. The maximum Gasteiger partial charge on any atom is 0.389 e. The molecule has 214 valence electrons. The fraction of sp³-hybridized carbons (Fsp3) is 0.423. The normalized spacial score (nSPS) is 14.5. The number of benzene rings is 1. The van der Waals surface area contributed by atoms with Gasteiger partial charge in [0.2, 0.25) is 5.91 Å². The Balaban J connectivity index is 1.74. The molecule has 0 bridgehead atoms. The number of carbonyl (C=O) groups excluding carboxylic acids is 2. The van der Waals surface area contributed by atoms with E-state index in [0.29, 0.717) is 16.1 Å². The summed E-state index contributed by atoms with van der Waals surface area (Å²) >= 11 is 2.18. The fourth-order valence-electron chi connectivity index (χ4n) is 3.77. The summed E-state index contributed by atoms with van der Waals surface area (Å²) in [6, 6.07) is 6.44. The Morgan fingerprint density at radius 1 is 1.10 bits per heavy atom. The van der Waals surface area contributed by atoms with Crippen molar-refractivity contribution in [3.63, 3.8) is 0 Å². The van der Waals surface area contributed by atoms with E-state index in [1.165, 1.54) is 19.3 Å². The molecule has 0 spiro atoms. The summed E-state index contributed by atoms with van der Waals surface area (Å²) in [6.45, 7) is 1.52. The van der Waals surface area contributed by atoms with Crippen molar-refractivity contribution in [1.29, 1.82) is 5.26 Å². The number of aromatic nitrogens is 2. The predicted octanol–water partition coefficient (Wildman–Crippen LogP) is 4.35. The minimum atomic E-state index is -4.39. The highest BCUT2D eigenvalue weighted by Crippen LogP contribution is 2.28. The zero-order valence-electron chi connectivity index (χ0n) is 21.4. The van der Waals surface area contributed by atoms with Crippen LogP contribution in [0.5, 0.6) is 0 Å². The molecule has 2 aromatic heterocycles. The average Bonchev–Trinajstić information content (AvgIpc) is 3.62. The van der Waals surface area contributed by atoms with E-state index < -0.39 is 48.7 Å². The molecule has 2 unspecified atom stereocenters. The van der Waals surface area contributed by atoms with Gasteiger partial charge in [0, 0.05) is 23.6 Å². The molecule has 0 fully saturated rings. The molecule has 2 amide bonds.